The van der Waals surface area contributed by atoms with Crippen molar-refractivity contribution in [2.24, 2.45) is 11.7 Å². The molecule has 1 fully saturated rings. The third-order valence-corrected chi connectivity index (χ3v) is 4.64. The topological polar surface area (TPSA) is 29.3 Å². The summed E-state index contributed by atoms with van der Waals surface area (Å²) in [6, 6.07) is 7.34. The second-order valence-corrected chi connectivity index (χ2v) is 6.35. The average Bonchev–Trinajstić information content (AvgIpc) is 2.35. The molecule has 0 radical (unpaired) electrons. The van der Waals surface area contributed by atoms with Crippen LogP contribution in [-0.4, -0.2) is 19.1 Å². The second kappa shape index (κ2) is 6.07. The van der Waals surface area contributed by atoms with Gasteiger partial charge < -0.3 is 10.6 Å². The van der Waals surface area contributed by atoms with Crippen LogP contribution in [0.15, 0.2) is 22.7 Å². The minimum Gasteiger partial charge on any atom is -0.369 e. The van der Waals surface area contributed by atoms with Gasteiger partial charge >= 0.3 is 0 Å². The fraction of sp³-hybridized carbons (Fsp3) is 0.600. The zero-order valence-electron chi connectivity index (χ0n) is 11.3. The Morgan fingerprint density at radius 1 is 1.33 bits per heavy atom. The maximum absolute atomic E-state index is 5.62. The number of nitrogens with two attached hydrogens (primary N) is 1. The van der Waals surface area contributed by atoms with Gasteiger partial charge in [0.15, 0.2) is 0 Å². The highest BCUT2D eigenvalue weighted by atomic mass is 79.9. The summed E-state index contributed by atoms with van der Waals surface area (Å²) in [5.74, 6) is 0.795. The quantitative estimate of drug-likeness (QED) is 0.924. The fourth-order valence-corrected chi connectivity index (χ4v) is 3.29. The van der Waals surface area contributed by atoms with Gasteiger partial charge in [0.1, 0.15) is 0 Å². The van der Waals surface area contributed by atoms with Gasteiger partial charge in [0.05, 0.1) is 0 Å². The van der Waals surface area contributed by atoms with E-state index in [4.69, 9.17) is 5.73 Å². The first-order valence-corrected chi connectivity index (χ1v) is 7.66. The van der Waals surface area contributed by atoms with Crippen molar-refractivity contribution in [1.82, 2.24) is 0 Å². The normalized spacial score (nSPS) is 24.3. The van der Waals surface area contributed by atoms with Crippen LogP contribution in [0.2, 0.25) is 0 Å². The van der Waals surface area contributed by atoms with Crippen molar-refractivity contribution in [2.45, 2.75) is 39.2 Å². The first kappa shape index (κ1) is 13.9. The molecular formula is C15H23BrN2. The van der Waals surface area contributed by atoms with E-state index in [2.05, 4.69) is 52.9 Å². The van der Waals surface area contributed by atoms with E-state index in [0.717, 1.165) is 12.3 Å². The number of hydrogen-bond donors (Lipinski definition) is 1. The van der Waals surface area contributed by atoms with Gasteiger partial charge in [0.2, 0.25) is 0 Å². The van der Waals surface area contributed by atoms with Gasteiger partial charge in [-0.25, -0.2) is 0 Å². The van der Waals surface area contributed by atoms with Crippen LogP contribution in [0.5, 0.6) is 0 Å². The molecule has 100 valence electrons. The molecule has 0 amide bonds. The number of benzene rings is 1. The fourth-order valence-electron chi connectivity index (χ4n) is 2.72. The maximum Gasteiger partial charge on any atom is 0.0380 e. The SMILES string of the molecule is CC1CCC(C)N(c2ccc(CCN)c(Br)c2)C1. The molecule has 1 saturated heterocycles. The van der Waals surface area contributed by atoms with Crippen molar-refractivity contribution in [2.75, 3.05) is 18.0 Å². The summed E-state index contributed by atoms with van der Waals surface area (Å²) in [6.45, 7) is 6.54. The number of rotatable bonds is 3. The summed E-state index contributed by atoms with van der Waals surface area (Å²) in [5, 5.41) is 0. The van der Waals surface area contributed by atoms with E-state index in [-0.39, 0.29) is 0 Å². The molecule has 0 aromatic heterocycles. The summed E-state index contributed by atoms with van der Waals surface area (Å²) in [7, 11) is 0. The van der Waals surface area contributed by atoms with Gasteiger partial charge in [-0.15, -0.1) is 0 Å². The van der Waals surface area contributed by atoms with Crippen molar-refractivity contribution in [3.63, 3.8) is 0 Å². The van der Waals surface area contributed by atoms with Gasteiger partial charge in [-0.1, -0.05) is 28.9 Å². The molecule has 2 N–H and O–H groups in total. The Balaban J connectivity index is 2.19. The Hall–Kier alpha value is -0.540. The van der Waals surface area contributed by atoms with Crippen molar-refractivity contribution < 1.29 is 0 Å². The van der Waals surface area contributed by atoms with Crippen LogP contribution in [0.3, 0.4) is 0 Å². The van der Waals surface area contributed by atoms with Crippen LogP contribution < -0.4 is 10.6 Å². The van der Waals surface area contributed by atoms with Crippen molar-refractivity contribution in [3.05, 3.63) is 28.2 Å². The number of nitrogens with zero attached hydrogens (tertiary/aromatic N) is 1. The van der Waals surface area contributed by atoms with E-state index in [1.54, 1.807) is 0 Å². The molecule has 0 spiro atoms. The Morgan fingerprint density at radius 2 is 2.11 bits per heavy atom. The maximum atomic E-state index is 5.62. The highest BCUT2D eigenvalue weighted by molar-refractivity contribution is 9.10. The molecule has 1 aliphatic rings. The molecule has 1 aliphatic heterocycles. The zero-order chi connectivity index (χ0) is 13.1. The van der Waals surface area contributed by atoms with E-state index in [1.165, 1.54) is 35.1 Å². The lowest BCUT2D eigenvalue weighted by molar-refractivity contribution is 0.390. The summed E-state index contributed by atoms with van der Waals surface area (Å²) >= 11 is 3.67. The van der Waals surface area contributed by atoms with Crippen molar-refractivity contribution >= 4 is 21.6 Å². The molecule has 2 rings (SSSR count). The van der Waals surface area contributed by atoms with Crippen LogP contribution in [0.4, 0.5) is 5.69 Å². The van der Waals surface area contributed by atoms with Gasteiger partial charge in [-0.3, -0.25) is 0 Å². The van der Waals surface area contributed by atoms with Crippen LogP contribution >= 0.6 is 15.9 Å². The first-order chi connectivity index (χ1) is 8.61. The van der Waals surface area contributed by atoms with Crippen molar-refractivity contribution in [3.8, 4) is 0 Å². The van der Waals surface area contributed by atoms with E-state index in [0.29, 0.717) is 12.6 Å². The second-order valence-electron chi connectivity index (χ2n) is 5.50. The number of hydrogen-bond acceptors (Lipinski definition) is 2. The molecule has 2 atom stereocenters. The van der Waals surface area contributed by atoms with Crippen LogP contribution in [-0.2, 0) is 6.42 Å². The molecule has 1 heterocycles. The first-order valence-electron chi connectivity index (χ1n) is 6.87. The van der Waals surface area contributed by atoms with Gasteiger partial charge in [-0.05, 0) is 56.3 Å². The van der Waals surface area contributed by atoms with Gasteiger partial charge in [0, 0.05) is 22.7 Å². The minimum atomic E-state index is 0.647. The molecule has 3 heteroatoms. The predicted molar refractivity (Wildman–Crippen MR) is 82.1 cm³/mol. The summed E-state index contributed by atoms with van der Waals surface area (Å²) < 4.78 is 1.19. The lowest BCUT2D eigenvalue weighted by Crippen LogP contribution is -2.41. The monoisotopic (exact) mass is 310 g/mol. The van der Waals surface area contributed by atoms with E-state index < -0.39 is 0 Å². The standard InChI is InChI=1S/C15H23BrN2/c1-11-3-4-12(2)18(10-11)14-6-5-13(7-8-17)15(16)9-14/h5-6,9,11-12H,3-4,7-8,10,17H2,1-2H3. The van der Waals surface area contributed by atoms with E-state index >= 15 is 0 Å². The third-order valence-electron chi connectivity index (χ3n) is 3.90. The minimum absolute atomic E-state index is 0.647. The highest BCUT2D eigenvalue weighted by Crippen LogP contribution is 2.30. The molecular weight excluding hydrogens is 288 g/mol. The van der Waals surface area contributed by atoms with E-state index in [1.807, 2.05) is 0 Å². The van der Waals surface area contributed by atoms with Gasteiger partial charge in [-0.2, -0.15) is 0 Å². The Labute approximate surface area is 119 Å². The Kier molecular flexibility index (Phi) is 4.68. The lowest BCUT2D eigenvalue weighted by atomic mass is 9.94. The predicted octanol–water partition coefficient (Wildman–Crippen LogP) is 3.58. The van der Waals surface area contributed by atoms with Crippen molar-refractivity contribution in [1.29, 1.82) is 0 Å². The third kappa shape index (κ3) is 3.07. The molecule has 1 aromatic carbocycles. The molecule has 0 saturated carbocycles. The summed E-state index contributed by atoms with van der Waals surface area (Å²) in [4.78, 5) is 2.53. The Bertz CT molecular complexity index is 405. The highest BCUT2D eigenvalue weighted by Gasteiger charge is 2.23. The molecule has 2 nitrogen and oxygen atoms in total. The lowest BCUT2D eigenvalue weighted by Gasteiger charge is -2.38. The summed E-state index contributed by atoms with van der Waals surface area (Å²) in [5.41, 5.74) is 8.26. The van der Waals surface area contributed by atoms with Crippen LogP contribution in [0.1, 0.15) is 32.3 Å². The Morgan fingerprint density at radius 3 is 2.78 bits per heavy atom. The molecule has 0 aliphatic carbocycles. The van der Waals surface area contributed by atoms with Crippen LogP contribution in [0, 0.1) is 5.92 Å². The molecule has 0 bridgehead atoms. The summed E-state index contributed by atoms with van der Waals surface area (Å²) in [6.07, 6.45) is 3.58. The average molecular weight is 311 g/mol. The molecule has 1 aromatic rings. The van der Waals surface area contributed by atoms with E-state index in [9.17, 15) is 0 Å². The van der Waals surface area contributed by atoms with Gasteiger partial charge in [0.25, 0.3) is 0 Å². The largest absolute Gasteiger partial charge is 0.369 e. The number of halogens is 1. The number of anilines is 1. The smallest absolute Gasteiger partial charge is 0.0380 e. The number of piperidine rings is 1. The van der Waals surface area contributed by atoms with Crippen LogP contribution in [0.25, 0.3) is 0 Å². The molecule has 2 unspecified atom stereocenters. The molecule has 18 heavy (non-hydrogen) atoms. The zero-order valence-corrected chi connectivity index (χ0v) is 12.9.